The highest BCUT2D eigenvalue weighted by Gasteiger charge is 2.36. The minimum absolute atomic E-state index is 0.0792. The van der Waals surface area contributed by atoms with E-state index in [0.717, 1.165) is 11.8 Å². The third kappa shape index (κ3) is 5.54. The maximum Gasteiger partial charge on any atom is 0.255 e. The van der Waals surface area contributed by atoms with Gasteiger partial charge < -0.3 is 15.0 Å². The van der Waals surface area contributed by atoms with Gasteiger partial charge in [0, 0.05) is 38.1 Å². The van der Waals surface area contributed by atoms with Crippen molar-refractivity contribution in [1.82, 2.24) is 10.2 Å². The van der Waals surface area contributed by atoms with Crippen LogP contribution in [0.3, 0.4) is 0 Å². The van der Waals surface area contributed by atoms with Crippen molar-refractivity contribution in [3.8, 4) is 0 Å². The minimum Gasteiger partial charge on any atom is -0.382 e. The standard InChI is InChI=1S/C18H26N2O5S/c1-3-25-11-6-10-19-17(21)16(9-12-26(2,23)24)20-13-14-7-4-5-8-15(14)18(20)22/h4-5,7-8,16H,3,6,9-13H2,1-2H3,(H,19,21)/t16-/m0/s1. The monoisotopic (exact) mass is 382 g/mol. The molecular formula is C18H26N2O5S. The molecule has 1 aliphatic heterocycles. The smallest absolute Gasteiger partial charge is 0.255 e. The fourth-order valence-corrected chi connectivity index (χ4v) is 3.58. The van der Waals surface area contributed by atoms with Crippen molar-refractivity contribution in [2.24, 2.45) is 0 Å². The zero-order valence-corrected chi connectivity index (χ0v) is 16.0. The summed E-state index contributed by atoms with van der Waals surface area (Å²) in [6.07, 6.45) is 1.87. The Bertz CT molecular complexity index is 748. The second-order valence-corrected chi connectivity index (χ2v) is 8.63. The molecule has 1 N–H and O–H groups in total. The van der Waals surface area contributed by atoms with Crippen molar-refractivity contribution in [2.45, 2.75) is 32.4 Å². The highest BCUT2D eigenvalue weighted by Crippen LogP contribution is 2.25. The summed E-state index contributed by atoms with van der Waals surface area (Å²) in [6, 6.07) is 6.39. The molecule has 0 aromatic heterocycles. The van der Waals surface area contributed by atoms with Gasteiger partial charge in [0.05, 0.1) is 5.75 Å². The fourth-order valence-electron chi connectivity index (χ4n) is 2.93. The first-order valence-electron chi connectivity index (χ1n) is 8.75. The highest BCUT2D eigenvalue weighted by molar-refractivity contribution is 7.90. The molecule has 1 aliphatic rings. The molecule has 1 aromatic carbocycles. The summed E-state index contributed by atoms with van der Waals surface area (Å²) in [4.78, 5) is 26.8. The van der Waals surface area contributed by atoms with Crippen LogP contribution in [0, 0.1) is 0 Å². The van der Waals surface area contributed by atoms with Crippen molar-refractivity contribution in [3.63, 3.8) is 0 Å². The van der Waals surface area contributed by atoms with Gasteiger partial charge in [-0.3, -0.25) is 9.59 Å². The first kappa shape index (κ1) is 20.4. The van der Waals surface area contributed by atoms with Gasteiger partial charge in [0.2, 0.25) is 5.91 Å². The van der Waals surface area contributed by atoms with Crippen LogP contribution in [0.2, 0.25) is 0 Å². The third-order valence-electron chi connectivity index (χ3n) is 4.26. The largest absolute Gasteiger partial charge is 0.382 e. The van der Waals surface area contributed by atoms with Crippen molar-refractivity contribution >= 4 is 21.7 Å². The summed E-state index contributed by atoms with van der Waals surface area (Å²) < 4.78 is 28.3. The molecule has 0 unspecified atom stereocenters. The molecule has 0 saturated carbocycles. The van der Waals surface area contributed by atoms with E-state index in [2.05, 4.69) is 5.32 Å². The van der Waals surface area contributed by atoms with Gasteiger partial charge in [-0.1, -0.05) is 18.2 Å². The molecule has 144 valence electrons. The SMILES string of the molecule is CCOCCCNC(=O)[C@H](CCS(C)(=O)=O)N1Cc2ccccc2C1=O. The molecule has 26 heavy (non-hydrogen) atoms. The number of rotatable bonds is 10. The predicted octanol–water partition coefficient (Wildman–Crippen LogP) is 0.989. The quantitative estimate of drug-likeness (QED) is 0.609. The van der Waals surface area contributed by atoms with Crippen LogP contribution in [0.25, 0.3) is 0 Å². The molecule has 1 atom stereocenters. The molecule has 0 aliphatic carbocycles. The van der Waals surface area contributed by atoms with E-state index < -0.39 is 15.9 Å². The Morgan fingerprint density at radius 2 is 2.08 bits per heavy atom. The van der Waals surface area contributed by atoms with Crippen molar-refractivity contribution in [1.29, 1.82) is 0 Å². The van der Waals surface area contributed by atoms with Crippen LogP contribution in [0.5, 0.6) is 0 Å². The second kappa shape index (κ2) is 9.14. The Morgan fingerprint density at radius 3 is 2.73 bits per heavy atom. The molecule has 7 nitrogen and oxygen atoms in total. The molecule has 2 rings (SSSR count). The summed E-state index contributed by atoms with van der Waals surface area (Å²) in [5.41, 5.74) is 1.42. The predicted molar refractivity (Wildman–Crippen MR) is 98.6 cm³/mol. The molecule has 0 spiro atoms. The number of nitrogens with zero attached hydrogens (tertiary/aromatic N) is 1. The average molecular weight is 382 g/mol. The number of nitrogens with one attached hydrogen (secondary N) is 1. The van der Waals surface area contributed by atoms with Crippen LogP contribution in [0.1, 0.15) is 35.7 Å². The number of amides is 2. The van der Waals surface area contributed by atoms with Crippen LogP contribution in [-0.4, -0.2) is 62.9 Å². The normalized spacial score (nSPS) is 15.0. The van der Waals surface area contributed by atoms with Crippen molar-refractivity contribution < 1.29 is 22.7 Å². The lowest BCUT2D eigenvalue weighted by Crippen LogP contribution is -2.48. The van der Waals surface area contributed by atoms with Gasteiger partial charge >= 0.3 is 0 Å². The fraction of sp³-hybridized carbons (Fsp3) is 0.556. The van der Waals surface area contributed by atoms with Crippen LogP contribution in [0.4, 0.5) is 0 Å². The third-order valence-corrected chi connectivity index (χ3v) is 5.24. The van der Waals surface area contributed by atoms with Crippen molar-refractivity contribution in [3.05, 3.63) is 35.4 Å². The minimum atomic E-state index is -3.24. The molecule has 0 bridgehead atoms. The molecule has 2 amide bonds. The molecule has 1 aromatic rings. The number of benzene rings is 1. The summed E-state index contributed by atoms with van der Waals surface area (Å²) in [5, 5.41) is 2.79. The Balaban J connectivity index is 2.06. The topological polar surface area (TPSA) is 92.8 Å². The first-order valence-corrected chi connectivity index (χ1v) is 10.8. The molecule has 0 saturated heterocycles. The van der Waals surface area contributed by atoms with Gasteiger partial charge in [-0.2, -0.15) is 0 Å². The highest BCUT2D eigenvalue weighted by atomic mass is 32.2. The Kier molecular flexibility index (Phi) is 7.16. The lowest BCUT2D eigenvalue weighted by atomic mass is 10.1. The van der Waals surface area contributed by atoms with Gasteiger partial charge in [-0.25, -0.2) is 8.42 Å². The Morgan fingerprint density at radius 1 is 1.35 bits per heavy atom. The number of hydrogen-bond donors (Lipinski definition) is 1. The van der Waals surface area contributed by atoms with E-state index in [0.29, 0.717) is 38.3 Å². The maximum absolute atomic E-state index is 12.7. The maximum atomic E-state index is 12.7. The van der Waals surface area contributed by atoms with E-state index in [4.69, 9.17) is 4.74 Å². The number of fused-ring (bicyclic) bond motifs is 1. The Labute approximate surface area is 154 Å². The summed E-state index contributed by atoms with van der Waals surface area (Å²) in [6.45, 7) is 3.79. The van der Waals surface area contributed by atoms with E-state index in [9.17, 15) is 18.0 Å². The summed E-state index contributed by atoms with van der Waals surface area (Å²) in [7, 11) is -3.24. The molecule has 0 fully saturated rings. The van der Waals surface area contributed by atoms with E-state index in [1.165, 1.54) is 4.90 Å². The van der Waals surface area contributed by atoms with Gasteiger partial charge in [0.25, 0.3) is 5.91 Å². The van der Waals surface area contributed by atoms with E-state index >= 15 is 0 Å². The number of carbonyl (C=O) groups excluding carboxylic acids is 2. The summed E-state index contributed by atoms with van der Waals surface area (Å²) in [5.74, 6) is -0.709. The van der Waals surface area contributed by atoms with Crippen LogP contribution >= 0.6 is 0 Å². The van der Waals surface area contributed by atoms with Gasteiger partial charge in [-0.05, 0) is 31.4 Å². The van der Waals surface area contributed by atoms with E-state index in [-0.39, 0.29) is 24.0 Å². The van der Waals surface area contributed by atoms with Crippen molar-refractivity contribution in [2.75, 3.05) is 31.8 Å². The summed E-state index contributed by atoms with van der Waals surface area (Å²) >= 11 is 0. The van der Waals surface area contributed by atoms with Crippen LogP contribution < -0.4 is 5.32 Å². The van der Waals surface area contributed by atoms with Crippen LogP contribution in [0.15, 0.2) is 24.3 Å². The number of carbonyl (C=O) groups is 2. The number of ether oxygens (including phenoxy) is 1. The zero-order valence-electron chi connectivity index (χ0n) is 15.2. The lowest BCUT2D eigenvalue weighted by molar-refractivity contribution is -0.125. The first-order chi connectivity index (χ1) is 12.3. The molecular weight excluding hydrogens is 356 g/mol. The Hall–Kier alpha value is -1.93. The number of hydrogen-bond acceptors (Lipinski definition) is 5. The molecule has 1 heterocycles. The zero-order chi connectivity index (χ0) is 19.2. The average Bonchev–Trinajstić information content (AvgIpc) is 2.91. The lowest BCUT2D eigenvalue weighted by Gasteiger charge is -2.26. The molecule has 0 radical (unpaired) electrons. The van der Waals surface area contributed by atoms with E-state index in [1.54, 1.807) is 12.1 Å². The molecule has 8 heteroatoms. The van der Waals surface area contributed by atoms with Gasteiger partial charge in [-0.15, -0.1) is 0 Å². The van der Waals surface area contributed by atoms with Crippen LogP contribution in [-0.2, 0) is 25.9 Å². The van der Waals surface area contributed by atoms with E-state index in [1.807, 2.05) is 19.1 Å². The van der Waals surface area contributed by atoms with Gasteiger partial charge in [0.1, 0.15) is 15.9 Å². The van der Waals surface area contributed by atoms with Gasteiger partial charge in [0.15, 0.2) is 0 Å². The number of sulfone groups is 1. The second-order valence-electron chi connectivity index (χ2n) is 6.37.